The lowest BCUT2D eigenvalue weighted by Crippen LogP contribution is -2.01. The molecule has 2 N–H and O–H groups in total. The highest BCUT2D eigenvalue weighted by atomic mass is 16.5. The van der Waals surface area contributed by atoms with Gasteiger partial charge in [0.25, 0.3) is 0 Å². The second kappa shape index (κ2) is 5.67. The van der Waals surface area contributed by atoms with Crippen LogP contribution in [0, 0.1) is 0 Å². The third-order valence-electron chi connectivity index (χ3n) is 3.10. The molecule has 2 aromatic heterocycles. The van der Waals surface area contributed by atoms with E-state index in [0.29, 0.717) is 13.2 Å². The standard InChI is InChI=1S/C16H15N3O/c17-9-12-6-7-13(19-10-12)11-20-16-5-1-4-15-14(16)3-2-8-18-15/h1-8,10H,9,11,17H2. The zero-order valence-electron chi connectivity index (χ0n) is 11.0. The van der Waals surface area contributed by atoms with Crippen LogP contribution in [0.1, 0.15) is 11.3 Å². The lowest BCUT2D eigenvalue weighted by atomic mass is 10.2. The van der Waals surface area contributed by atoms with E-state index in [1.807, 2.05) is 42.5 Å². The van der Waals surface area contributed by atoms with Crippen LogP contribution in [0.15, 0.2) is 54.9 Å². The average Bonchev–Trinajstić information content (AvgIpc) is 2.53. The van der Waals surface area contributed by atoms with Crippen LogP contribution in [0.4, 0.5) is 0 Å². The van der Waals surface area contributed by atoms with Gasteiger partial charge < -0.3 is 10.5 Å². The molecule has 1 aromatic carbocycles. The molecule has 2 heterocycles. The van der Waals surface area contributed by atoms with Crippen LogP contribution in [-0.2, 0) is 13.2 Å². The summed E-state index contributed by atoms with van der Waals surface area (Å²) in [5.74, 6) is 0.820. The first-order chi connectivity index (χ1) is 9.86. The number of aromatic nitrogens is 2. The van der Waals surface area contributed by atoms with Crippen LogP contribution in [-0.4, -0.2) is 9.97 Å². The predicted molar refractivity (Wildman–Crippen MR) is 78.2 cm³/mol. The molecule has 0 spiro atoms. The van der Waals surface area contributed by atoms with Gasteiger partial charge in [0.15, 0.2) is 0 Å². The van der Waals surface area contributed by atoms with Crippen LogP contribution in [0.2, 0.25) is 0 Å². The Labute approximate surface area is 117 Å². The SMILES string of the molecule is NCc1ccc(COc2cccc3ncccc23)nc1. The summed E-state index contributed by atoms with van der Waals surface area (Å²) in [4.78, 5) is 8.63. The van der Waals surface area contributed by atoms with Gasteiger partial charge in [-0.3, -0.25) is 9.97 Å². The molecular weight excluding hydrogens is 250 g/mol. The molecule has 0 atom stereocenters. The summed E-state index contributed by atoms with van der Waals surface area (Å²) < 4.78 is 5.85. The van der Waals surface area contributed by atoms with E-state index in [1.165, 1.54) is 0 Å². The van der Waals surface area contributed by atoms with Gasteiger partial charge in [0, 0.05) is 24.3 Å². The normalized spacial score (nSPS) is 10.7. The van der Waals surface area contributed by atoms with Gasteiger partial charge >= 0.3 is 0 Å². The maximum Gasteiger partial charge on any atom is 0.130 e. The van der Waals surface area contributed by atoms with E-state index < -0.39 is 0 Å². The molecule has 0 amide bonds. The molecule has 0 aliphatic rings. The quantitative estimate of drug-likeness (QED) is 0.787. The molecule has 0 radical (unpaired) electrons. The molecule has 0 saturated carbocycles. The average molecular weight is 265 g/mol. The smallest absolute Gasteiger partial charge is 0.130 e. The number of pyridine rings is 2. The molecule has 3 rings (SSSR count). The number of ether oxygens (including phenoxy) is 1. The second-order valence-corrected chi connectivity index (χ2v) is 4.48. The highest BCUT2D eigenvalue weighted by Gasteiger charge is 2.03. The summed E-state index contributed by atoms with van der Waals surface area (Å²) in [6.45, 7) is 0.933. The van der Waals surface area contributed by atoms with Crippen molar-refractivity contribution in [3.63, 3.8) is 0 Å². The molecule has 0 aliphatic carbocycles. The number of rotatable bonds is 4. The van der Waals surface area contributed by atoms with Crippen molar-refractivity contribution in [3.8, 4) is 5.75 Å². The molecule has 4 nitrogen and oxygen atoms in total. The molecular formula is C16H15N3O. The molecule has 20 heavy (non-hydrogen) atoms. The Morgan fingerprint density at radius 3 is 2.75 bits per heavy atom. The lowest BCUT2D eigenvalue weighted by Gasteiger charge is -2.08. The minimum Gasteiger partial charge on any atom is -0.487 e. The topological polar surface area (TPSA) is 61.0 Å². The molecule has 0 aliphatic heterocycles. The maximum absolute atomic E-state index is 5.85. The van der Waals surface area contributed by atoms with E-state index in [2.05, 4.69) is 9.97 Å². The number of nitrogens with zero attached hydrogens (tertiary/aromatic N) is 2. The van der Waals surface area contributed by atoms with Crippen molar-refractivity contribution in [3.05, 3.63) is 66.1 Å². The van der Waals surface area contributed by atoms with Gasteiger partial charge in [0.05, 0.1) is 11.2 Å². The van der Waals surface area contributed by atoms with Crippen molar-refractivity contribution in [2.24, 2.45) is 5.73 Å². The molecule has 0 unspecified atom stereocenters. The highest BCUT2D eigenvalue weighted by Crippen LogP contribution is 2.24. The summed E-state index contributed by atoms with van der Waals surface area (Å²) in [5.41, 5.74) is 8.37. The number of benzene rings is 1. The third kappa shape index (κ3) is 2.60. The van der Waals surface area contributed by atoms with Crippen molar-refractivity contribution in [2.45, 2.75) is 13.2 Å². The summed E-state index contributed by atoms with van der Waals surface area (Å²) in [6.07, 6.45) is 3.56. The fraction of sp³-hybridized carbons (Fsp3) is 0.125. The predicted octanol–water partition coefficient (Wildman–Crippen LogP) is 2.67. The van der Waals surface area contributed by atoms with Crippen molar-refractivity contribution in [1.29, 1.82) is 0 Å². The number of hydrogen-bond donors (Lipinski definition) is 1. The van der Waals surface area contributed by atoms with Crippen molar-refractivity contribution in [2.75, 3.05) is 0 Å². The van der Waals surface area contributed by atoms with Crippen LogP contribution in [0.25, 0.3) is 10.9 Å². The third-order valence-corrected chi connectivity index (χ3v) is 3.10. The van der Waals surface area contributed by atoms with Gasteiger partial charge in [-0.2, -0.15) is 0 Å². The molecule has 100 valence electrons. The summed E-state index contributed by atoms with van der Waals surface area (Å²) in [7, 11) is 0. The Hall–Kier alpha value is -2.46. The zero-order chi connectivity index (χ0) is 13.8. The fourth-order valence-corrected chi connectivity index (χ4v) is 2.01. The van der Waals surface area contributed by atoms with Crippen LogP contribution in [0.5, 0.6) is 5.75 Å². The Bertz CT molecular complexity index is 705. The molecule has 0 fully saturated rings. The van der Waals surface area contributed by atoms with Crippen LogP contribution in [0.3, 0.4) is 0 Å². The van der Waals surface area contributed by atoms with Crippen molar-refractivity contribution in [1.82, 2.24) is 9.97 Å². The maximum atomic E-state index is 5.85. The van der Waals surface area contributed by atoms with Gasteiger partial charge in [0.2, 0.25) is 0 Å². The fourth-order valence-electron chi connectivity index (χ4n) is 2.01. The van der Waals surface area contributed by atoms with E-state index in [-0.39, 0.29) is 0 Å². The van der Waals surface area contributed by atoms with E-state index in [0.717, 1.165) is 27.9 Å². The first-order valence-corrected chi connectivity index (χ1v) is 6.47. The molecule has 0 saturated heterocycles. The lowest BCUT2D eigenvalue weighted by molar-refractivity contribution is 0.305. The Kier molecular flexibility index (Phi) is 3.56. The number of nitrogens with two attached hydrogens (primary N) is 1. The number of fused-ring (bicyclic) bond motifs is 1. The number of hydrogen-bond acceptors (Lipinski definition) is 4. The summed E-state index contributed by atoms with van der Waals surface area (Å²) in [6, 6.07) is 13.7. The zero-order valence-corrected chi connectivity index (χ0v) is 11.0. The van der Waals surface area contributed by atoms with Crippen molar-refractivity contribution >= 4 is 10.9 Å². The van der Waals surface area contributed by atoms with E-state index in [9.17, 15) is 0 Å². The highest BCUT2D eigenvalue weighted by molar-refractivity contribution is 5.84. The Morgan fingerprint density at radius 2 is 1.95 bits per heavy atom. The minimum absolute atomic E-state index is 0.429. The van der Waals surface area contributed by atoms with Crippen LogP contribution >= 0.6 is 0 Å². The Balaban J connectivity index is 1.79. The van der Waals surface area contributed by atoms with E-state index in [4.69, 9.17) is 10.5 Å². The van der Waals surface area contributed by atoms with Gasteiger partial charge in [-0.1, -0.05) is 12.1 Å². The van der Waals surface area contributed by atoms with Gasteiger partial charge in [0.1, 0.15) is 12.4 Å². The second-order valence-electron chi connectivity index (χ2n) is 4.48. The van der Waals surface area contributed by atoms with Gasteiger partial charge in [-0.05, 0) is 35.9 Å². The molecule has 3 aromatic rings. The summed E-state index contributed by atoms with van der Waals surface area (Å²) >= 11 is 0. The van der Waals surface area contributed by atoms with Gasteiger partial charge in [-0.15, -0.1) is 0 Å². The van der Waals surface area contributed by atoms with E-state index >= 15 is 0 Å². The van der Waals surface area contributed by atoms with Gasteiger partial charge in [-0.25, -0.2) is 0 Å². The molecule has 4 heteroatoms. The largest absolute Gasteiger partial charge is 0.487 e. The monoisotopic (exact) mass is 265 g/mol. The summed E-state index contributed by atoms with van der Waals surface area (Å²) in [5, 5.41) is 1.01. The van der Waals surface area contributed by atoms with Crippen molar-refractivity contribution < 1.29 is 4.74 Å². The Morgan fingerprint density at radius 1 is 1.00 bits per heavy atom. The first-order valence-electron chi connectivity index (χ1n) is 6.47. The first kappa shape index (κ1) is 12.6. The van der Waals surface area contributed by atoms with E-state index in [1.54, 1.807) is 12.4 Å². The van der Waals surface area contributed by atoms with Crippen LogP contribution < -0.4 is 10.5 Å². The minimum atomic E-state index is 0.429. The molecule has 0 bridgehead atoms.